The van der Waals surface area contributed by atoms with Crippen LogP contribution >= 0.6 is 9.24 Å². The van der Waals surface area contributed by atoms with Gasteiger partial charge in [-0.25, -0.2) is 4.39 Å². The van der Waals surface area contributed by atoms with Crippen LogP contribution in [-0.4, -0.2) is 18.8 Å². The van der Waals surface area contributed by atoms with E-state index in [-0.39, 0.29) is 29.8 Å². The van der Waals surface area contributed by atoms with Gasteiger partial charge in [-0.1, -0.05) is 24.8 Å². The van der Waals surface area contributed by atoms with Crippen molar-refractivity contribution >= 4 is 9.24 Å². The number of halogens is 3. The second kappa shape index (κ2) is 12.6. The molecule has 0 aliphatic rings. The van der Waals surface area contributed by atoms with E-state index in [1.807, 2.05) is 0 Å². The zero-order valence-corrected chi connectivity index (χ0v) is 17.1. The minimum atomic E-state index is -1.61. The van der Waals surface area contributed by atoms with Gasteiger partial charge >= 0.3 is 0 Å². The zero-order chi connectivity index (χ0) is 21.8. The molecule has 1 atom stereocenters. The van der Waals surface area contributed by atoms with Crippen LogP contribution in [0.5, 0.6) is 11.5 Å². The van der Waals surface area contributed by atoms with Crippen molar-refractivity contribution in [2.24, 2.45) is 0 Å². The number of hydrogen-bond acceptors (Lipinski definition) is 4. The lowest BCUT2D eigenvalue weighted by atomic mass is 10.3. The van der Waals surface area contributed by atoms with Gasteiger partial charge in [-0.05, 0) is 36.5 Å². The Balaban J connectivity index is 3.22. The van der Waals surface area contributed by atoms with Gasteiger partial charge in [0.25, 0.3) is 0 Å². The first-order chi connectivity index (χ1) is 13.9. The van der Waals surface area contributed by atoms with Crippen molar-refractivity contribution < 1.29 is 32.5 Å². The molecule has 0 saturated heterocycles. The summed E-state index contributed by atoms with van der Waals surface area (Å²) < 4.78 is 58.1. The molecule has 1 unspecified atom stereocenters. The lowest BCUT2D eigenvalue weighted by Gasteiger charge is -2.13. The fourth-order valence-corrected chi connectivity index (χ4v) is 2.08. The van der Waals surface area contributed by atoms with Crippen LogP contribution in [0.1, 0.15) is 6.92 Å². The third kappa shape index (κ3) is 7.64. The number of aliphatic hydroxyl groups is 1. The van der Waals surface area contributed by atoms with E-state index in [9.17, 15) is 13.2 Å². The second-order valence-corrected chi connectivity index (χ2v) is 6.25. The Morgan fingerprint density at radius 3 is 2.48 bits per heavy atom. The Kier molecular flexibility index (Phi) is 10.6. The van der Waals surface area contributed by atoms with Gasteiger partial charge < -0.3 is 19.3 Å². The molecule has 0 bridgehead atoms. The van der Waals surface area contributed by atoms with Gasteiger partial charge in [-0.3, -0.25) is 0 Å². The third-order valence-electron chi connectivity index (χ3n) is 3.26. The molecule has 0 spiro atoms. The van der Waals surface area contributed by atoms with E-state index in [4.69, 9.17) is 19.3 Å². The quantitative estimate of drug-likeness (QED) is 0.293. The van der Waals surface area contributed by atoms with E-state index >= 15 is 0 Å². The standard InChI is InChI=1S/C21H22F3O4P/c1-4-15(8-5-6-11-25)27-18(13-22)19(23)20(24)21(14(2)29)28-17-10-7-9-16(12-17)26-3/h4-10,12-13,25H,1,11,29H2,2-3H3/b6-5-,15-8+,18-13-,20-19-,21-14-. The van der Waals surface area contributed by atoms with Crippen LogP contribution in [0.4, 0.5) is 13.2 Å². The molecule has 0 amide bonds. The topological polar surface area (TPSA) is 47.9 Å². The van der Waals surface area contributed by atoms with Gasteiger partial charge in [-0.15, -0.1) is 9.24 Å². The van der Waals surface area contributed by atoms with Crippen LogP contribution < -0.4 is 9.47 Å². The minimum Gasteiger partial charge on any atom is -0.497 e. The lowest BCUT2D eigenvalue weighted by Crippen LogP contribution is -2.02. The molecular weight excluding hydrogens is 404 g/mol. The predicted molar refractivity (Wildman–Crippen MR) is 110 cm³/mol. The molecule has 1 rings (SSSR count). The highest BCUT2D eigenvalue weighted by molar-refractivity contribution is 7.22. The van der Waals surface area contributed by atoms with Gasteiger partial charge in [0.2, 0.25) is 11.7 Å². The number of hydrogen-bond donors (Lipinski definition) is 1. The zero-order valence-electron chi connectivity index (χ0n) is 16.0. The molecule has 29 heavy (non-hydrogen) atoms. The first-order valence-electron chi connectivity index (χ1n) is 8.30. The maximum Gasteiger partial charge on any atom is 0.207 e. The molecule has 0 heterocycles. The number of rotatable bonds is 10. The molecular formula is C21H22F3O4P. The molecule has 0 aliphatic heterocycles. The summed E-state index contributed by atoms with van der Waals surface area (Å²) >= 11 is 0. The highest BCUT2D eigenvalue weighted by Gasteiger charge is 2.21. The predicted octanol–water partition coefficient (Wildman–Crippen LogP) is 5.78. The highest BCUT2D eigenvalue weighted by atomic mass is 31.0. The monoisotopic (exact) mass is 426 g/mol. The summed E-state index contributed by atoms with van der Waals surface area (Å²) in [6.07, 6.45) is 4.99. The fourth-order valence-electron chi connectivity index (χ4n) is 1.90. The van der Waals surface area contributed by atoms with Crippen molar-refractivity contribution in [1.29, 1.82) is 0 Å². The number of allylic oxidation sites excluding steroid dienone is 6. The fraction of sp³-hybridized carbons (Fsp3) is 0.143. The number of benzene rings is 1. The first-order valence-corrected chi connectivity index (χ1v) is 8.88. The minimum absolute atomic E-state index is 0.0663. The Labute approximate surface area is 170 Å². The molecule has 0 radical (unpaired) electrons. The van der Waals surface area contributed by atoms with Gasteiger partial charge in [0.15, 0.2) is 11.5 Å². The number of methoxy groups -OCH3 is 1. The summed E-state index contributed by atoms with van der Waals surface area (Å²) in [5, 5.41) is 8.93. The van der Waals surface area contributed by atoms with E-state index in [0.29, 0.717) is 5.75 Å². The molecule has 0 fully saturated rings. The Morgan fingerprint density at radius 1 is 1.24 bits per heavy atom. The molecule has 4 nitrogen and oxygen atoms in total. The molecule has 1 aromatic rings. The molecule has 0 saturated carbocycles. The van der Waals surface area contributed by atoms with Gasteiger partial charge in [0.05, 0.1) is 13.7 Å². The van der Waals surface area contributed by atoms with Crippen molar-refractivity contribution in [3.05, 3.63) is 95.7 Å². The van der Waals surface area contributed by atoms with Crippen LogP contribution in [-0.2, 0) is 4.74 Å². The average Bonchev–Trinajstić information content (AvgIpc) is 2.73. The summed E-state index contributed by atoms with van der Waals surface area (Å²) in [6.45, 7) is 4.68. The average molecular weight is 426 g/mol. The second-order valence-electron chi connectivity index (χ2n) is 5.38. The summed E-state index contributed by atoms with van der Waals surface area (Å²) in [5.74, 6) is -3.96. The normalized spacial score (nSPS) is 14.3. The first kappa shape index (κ1) is 24.3. The molecule has 1 aromatic carbocycles. The Hall–Kier alpha value is -2.76. The maximum absolute atomic E-state index is 14.8. The van der Waals surface area contributed by atoms with Crippen LogP contribution in [0.15, 0.2) is 95.7 Å². The molecule has 1 N–H and O–H groups in total. The molecule has 0 aromatic heterocycles. The van der Waals surface area contributed by atoms with E-state index < -0.39 is 23.2 Å². The summed E-state index contributed by atoms with van der Waals surface area (Å²) in [6, 6.07) is 6.27. The summed E-state index contributed by atoms with van der Waals surface area (Å²) in [7, 11) is 3.65. The van der Waals surface area contributed by atoms with E-state index in [2.05, 4.69) is 15.8 Å². The summed E-state index contributed by atoms with van der Waals surface area (Å²) in [4.78, 5) is 0. The van der Waals surface area contributed by atoms with Gasteiger partial charge in [0, 0.05) is 6.07 Å². The number of aliphatic hydroxyl groups excluding tert-OH is 1. The van der Waals surface area contributed by atoms with Crippen molar-refractivity contribution in [2.45, 2.75) is 6.92 Å². The Bertz CT molecular complexity index is 866. The van der Waals surface area contributed by atoms with Crippen LogP contribution in [0.2, 0.25) is 0 Å². The SMILES string of the molecule is C=C/C(=C\C=C/CO)OC(=C\F)/C(F)=C(F)\C(Oc1cccc(OC)c1)=C(/C)P. The van der Waals surface area contributed by atoms with Gasteiger partial charge in [-0.2, -0.15) is 8.78 Å². The third-order valence-corrected chi connectivity index (χ3v) is 3.52. The van der Waals surface area contributed by atoms with Crippen LogP contribution in [0.25, 0.3) is 0 Å². The van der Waals surface area contributed by atoms with E-state index in [1.165, 1.54) is 50.5 Å². The van der Waals surface area contributed by atoms with Crippen molar-refractivity contribution in [2.75, 3.05) is 13.7 Å². The lowest BCUT2D eigenvalue weighted by molar-refractivity contribution is 0.291. The highest BCUT2D eigenvalue weighted by Crippen LogP contribution is 2.32. The van der Waals surface area contributed by atoms with Crippen molar-refractivity contribution in [1.82, 2.24) is 0 Å². The molecule has 156 valence electrons. The maximum atomic E-state index is 14.8. The summed E-state index contributed by atoms with van der Waals surface area (Å²) in [5.41, 5.74) is 0. The van der Waals surface area contributed by atoms with Crippen LogP contribution in [0.3, 0.4) is 0 Å². The smallest absolute Gasteiger partial charge is 0.207 e. The molecule has 0 aliphatic carbocycles. The van der Waals surface area contributed by atoms with Gasteiger partial charge in [0.1, 0.15) is 23.6 Å². The van der Waals surface area contributed by atoms with E-state index in [0.717, 1.165) is 0 Å². The Morgan fingerprint density at radius 2 is 1.93 bits per heavy atom. The number of ether oxygens (including phenoxy) is 3. The van der Waals surface area contributed by atoms with Crippen molar-refractivity contribution in [3.63, 3.8) is 0 Å². The van der Waals surface area contributed by atoms with Crippen LogP contribution in [0, 0.1) is 0 Å². The van der Waals surface area contributed by atoms with Crippen molar-refractivity contribution in [3.8, 4) is 11.5 Å². The molecule has 8 heteroatoms. The largest absolute Gasteiger partial charge is 0.497 e. The van der Waals surface area contributed by atoms with E-state index in [1.54, 1.807) is 12.1 Å².